The third kappa shape index (κ3) is 4.74. The van der Waals surface area contributed by atoms with Crippen molar-refractivity contribution in [3.05, 3.63) is 11.1 Å². The Bertz CT molecular complexity index is 381. The van der Waals surface area contributed by atoms with Crippen molar-refractivity contribution in [3.8, 4) is 0 Å². The summed E-state index contributed by atoms with van der Waals surface area (Å²) < 4.78 is 0. The fraction of sp³-hybridized carbons (Fsp3) is 0.812. The maximum atomic E-state index is 4.61. The first kappa shape index (κ1) is 15.8. The Labute approximate surface area is 127 Å². The Morgan fingerprint density at radius 3 is 2.80 bits per heavy atom. The van der Waals surface area contributed by atoms with Crippen LogP contribution in [0.15, 0.2) is 6.20 Å². The second-order valence-corrected chi connectivity index (χ2v) is 7.45. The van der Waals surface area contributed by atoms with E-state index in [0.717, 1.165) is 19.0 Å². The second-order valence-electron chi connectivity index (χ2n) is 6.35. The van der Waals surface area contributed by atoms with Crippen molar-refractivity contribution < 1.29 is 0 Å². The molecule has 0 amide bonds. The molecule has 114 valence electrons. The van der Waals surface area contributed by atoms with Crippen LogP contribution < -0.4 is 10.2 Å². The molecule has 3 nitrogen and oxygen atoms in total. The molecule has 4 heteroatoms. The van der Waals surface area contributed by atoms with E-state index < -0.39 is 0 Å². The van der Waals surface area contributed by atoms with Gasteiger partial charge in [-0.15, -0.1) is 11.3 Å². The standard InChI is InChI=1S/C16H29N3S/c1-4-5-14-6-8-19(9-7-14)16-18-12-15(20-16)11-17-10-13(2)3/h12-14,17H,4-11H2,1-3H3. The Morgan fingerprint density at radius 2 is 2.15 bits per heavy atom. The number of thiazole rings is 1. The summed E-state index contributed by atoms with van der Waals surface area (Å²) in [4.78, 5) is 8.45. The number of hydrogen-bond donors (Lipinski definition) is 1. The van der Waals surface area contributed by atoms with Crippen LogP contribution in [-0.2, 0) is 6.54 Å². The molecule has 0 saturated carbocycles. The van der Waals surface area contributed by atoms with Gasteiger partial charge in [-0.1, -0.05) is 33.6 Å². The molecule has 1 saturated heterocycles. The molecule has 1 aliphatic heterocycles. The summed E-state index contributed by atoms with van der Waals surface area (Å²) in [5.41, 5.74) is 0. The normalized spacial score (nSPS) is 17.1. The third-order valence-corrected chi connectivity index (χ3v) is 5.03. The van der Waals surface area contributed by atoms with Gasteiger partial charge in [0.15, 0.2) is 5.13 Å². The zero-order chi connectivity index (χ0) is 14.4. The van der Waals surface area contributed by atoms with Gasteiger partial charge in [-0.05, 0) is 31.2 Å². The van der Waals surface area contributed by atoms with Gasteiger partial charge in [0.05, 0.1) is 0 Å². The van der Waals surface area contributed by atoms with E-state index in [9.17, 15) is 0 Å². The van der Waals surface area contributed by atoms with Crippen molar-refractivity contribution in [1.29, 1.82) is 0 Å². The lowest BCUT2D eigenvalue weighted by Gasteiger charge is -2.31. The zero-order valence-corrected chi connectivity index (χ0v) is 14.0. The van der Waals surface area contributed by atoms with Crippen LogP contribution in [0.3, 0.4) is 0 Å². The van der Waals surface area contributed by atoms with Gasteiger partial charge in [-0.2, -0.15) is 0 Å². The Balaban J connectivity index is 1.78. The predicted octanol–water partition coefficient (Wildman–Crippen LogP) is 3.91. The van der Waals surface area contributed by atoms with Crippen molar-refractivity contribution in [2.75, 3.05) is 24.5 Å². The molecule has 20 heavy (non-hydrogen) atoms. The first-order valence-corrected chi connectivity index (χ1v) is 8.91. The SMILES string of the molecule is CCCC1CCN(c2ncc(CNCC(C)C)s2)CC1. The number of hydrogen-bond acceptors (Lipinski definition) is 4. The Kier molecular flexibility index (Phi) is 6.30. The molecule has 1 aromatic heterocycles. The monoisotopic (exact) mass is 295 g/mol. The van der Waals surface area contributed by atoms with Crippen molar-refractivity contribution in [1.82, 2.24) is 10.3 Å². The smallest absolute Gasteiger partial charge is 0.185 e. The maximum Gasteiger partial charge on any atom is 0.185 e. The summed E-state index contributed by atoms with van der Waals surface area (Å²) in [5, 5.41) is 4.72. The van der Waals surface area contributed by atoms with Gasteiger partial charge in [0.2, 0.25) is 0 Å². The van der Waals surface area contributed by atoms with Gasteiger partial charge >= 0.3 is 0 Å². The van der Waals surface area contributed by atoms with Crippen LogP contribution >= 0.6 is 11.3 Å². The van der Waals surface area contributed by atoms with Crippen LogP contribution in [0.4, 0.5) is 5.13 Å². The molecule has 0 aliphatic carbocycles. The molecule has 1 fully saturated rings. The largest absolute Gasteiger partial charge is 0.348 e. The van der Waals surface area contributed by atoms with Crippen molar-refractivity contribution in [2.45, 2.75) is 53.0 Å². The summed E-state index contributed by atoms with van der Waals surface area (Å²) in [7, 11) is 0. The van der Waals surface area contributed by atoms with E-state index in [1.807, 2.05) is 17.5 Å². The number of nitrogens with zero attached hydrogens (tertiary/aromatic N) is 2. The Hall–Kier alpha value is -0.610. The van der Waals surface area contributed by atoms with Gasteiger partial charge in [0, 0.05) is 30.7 Å². The fourth-order valence-electron chi connectivity index (χ4n) is 2.83. The Morgan fingerprint density at radius 1 is 1.40 bits per heavy atom. The molecule has 1 aromatic rings. The van der Waals surface area contributed by atoms with Gasteiger partial charge in [0.25, 0.3) is 0 Å². The van der Waals surface area contributed by atoms with Gasteiger partial charge in [-0.3, -0.25) is 0 Å². The van der Waals surface area contributed by atoms with E-state index in [0.29, 0.717) is 5.92 Å². The van der Waals surface area contributed by atoms with E-state index in [1.165, 1.54) is 48.8 Å². The minimum Gasteiger partial charge on any atom is -0.348 e. The molecule has 0 atom stereocenters. The fourth-order valence-corrected chi connectivity index (χ4v) is 3.76. The van der Waals surface area contributed by atoms with Crippen molar-refractivity contribution in [2.24, 2.45) is 11.8 Å². The highest BCUT2D eigenvalue weighted by atomic mass is 32.1. The molecule has 0 spiro atoms. The second kappa shape index (κ2) is 7.99. The third-order valence-electron chi connectivity index (χ3n) is 3.98. The molecular formula is C16H29N3S. The molecule has 2 heterocycles. The van der Waals surface area contributed by atoms with Crippen molar-refractivity contribution in [3.63, 3.8) is 0 Å². The minimum atomic E-state index is 0.708. The molecule has 2 rings (SSSR count). The van der Waals surface area contributed by atoms with Crippen LogP contribution in [0.25, 0.3) is 0 Å². The highest BCUT2D eigenvalue weighted by Crippen LogP contribution is 2.28. The topological polar surface area (TPSA) is 28.2 Å². The van der Waals surface area contributed by atoms with Crippen LogP contribution in [0.5, 0.6) is 0 Å². The predicted molar refractivity (Wildman–Crippen MR) is 88.5 cm³/mol. The van der Waals surface area contributed by atoms with E-state index in [2.05, 4.69) is 36.0 Å². The van der Waals surface area contributed by atoms with E-state index >= 15 is 0 Å². The minimum absolute atomic E-state index is 0.708. The quantitative estimate of drug-likeness (QED) is 0.827. The van der Waals surface area contributed by atoms with Crippen LogP contribution in [0.2, 0.25) is 0 Å². The molecule has 1 aliphatic rings. The van der Waals surface area contributed by atoms with Gasteiger partial charge in [-0.25, -0.2) is 4.98 Å². The molecule has 1 N–H and O–H groups in total. The lowest BCUT2D eigenvalue weighted by Crippen LogP contribution is -2.33. The number of nitrogens with one attached hydrogen (secondary N) is 1. The van der Waals surface area contributed by atoms with Gasteiger partial charge < -0.3 is 10.2 Å². The van der Waals surface area contributed by atoms with E-state index in [4.69, 9.17) is 0 Å². The number of rotatable bonds is 7. The first-order chi connectivity index (χ1) is 9.69. The van der Waals surface area contributed by atoms with Crippen LogP contribution in [0, 0.1) is 11.8 Å². The lowest BCUT2D eigenvalue weighted by atomic mass is 9.93. The molecular weight excluding hydrogens is 266 g/mol. The molecule has 0 radical (unpaired) electrons. The van der Waals surface area contributed by atoms with Crippen LogP contribution in [-0.4, -0.2) is 24.6 Å². The summed E-state index contributed by atoms with van der Waals surface area (Å²) in [5.74, 6) is 1.66. The summed E-state index contributed by atoms with van der Waals surface area (Å²) in [6, 6.07) is 0. The summed E-state index contributed by atoms with van der Waals surface area (Å²) in [6.07, 6.45) is 7.46. The number of piperidine rings is 1. The van der Waals surface area contributed by atoms with E-state index in [1.54, 1.807) is 0 Å². The summed E-state index contributed by atoms with van der Waals surface area (Å²) >= 11 is 1.86. The highest BCUT2D eigenvalue weighted by Gasteiger charge is 2.20. The molecule has 0 bridgehead atoms. The molecule has 0 aromatic carbocycles. The van der Waals surface area contributed by atoms with E-state index in [-0.39, 0.29) is 0 Å². The average molecular weight is 295 g/mol. The van der Waals surface area contributed by atoms with Crippen molar-refractivity contribution >= 4 is 16.5 Å². The summed E-state index contributed by atoms with van der Waals surface area (Å²) in [6.45, 7) is 11.2. The number of anilines is 1. The van der Waals surface area contributed by atoms with Crippen LogP contribution in [0.1, 0.15) is 51.3 Å². The maximum absolute atomic E-state index is 4.61. The number of aromatic nitrogens is 1. The zero-order valence-electron chi connectivity index (χ0n) is 13.2. The first-order valence-electron chi connectivity index (χ1n) is 8.09. The average Bonchev–Trinajstić information content (AvgIpc) is 2.88. The lowest BCUT2D eigenvalue weighted by molar-refractivity contribution is 0.378. The molecule has 0 unspecified atom stereocenters. The van der Waals surface area contributed by atoms with Gasteiger partial charge in [0.1, 0.15) is 0 Å². The highest BCUT2D eigenvalue weighted by molar-refractivity contribution is 7.15.